The zero-order valence-corrected chi connectivity index (χ0v) is 11.2. The van der Waals surface area contributed by atoms with Crippen molar-refractivity contribution in [3.63, 3.8) is 0 Å². The molecule has 19 heavy (non-hydrogen) atoms. The summed E-state index contributed by atoms with van der Waals surface area (Å²) in [5.74, 6) is 0. The molecule has 0 saturated carbocycles. The summed E-state index contributed by atoms with van der Waals surface area (Å²) < 4.78 is 8.02. The van der Waals surface area contributed by atoms with Gasteiger partial charge in [-0.3, -0.25) is 0 Å². The van der Waals surface area contributed by atoms with Gasteiger partial charge in [-0.25, -0.2) is 0 Å². The van der Waals surface area contributed by atoms with E-state index in [0.29, 0.717) is 6.04 Å². The number of para-hydroxylation sites is 1. The zero-order chi connectivity index (χ0) is 12.7. The highest BCUT2D eigenvalue weighted by Gasteiger charge is 2.19. The average molecular weight is 256 g/mol. The number of nitrogens with zero attached hydrogens (tertiary/aromatic N) is 1. The second kappa shape index (κ2) is 4.66. The summed E-state index contributed by atoms with van der Waals surface area (Å²) in [5, 5.41) is 5.00. The van der Waals surface area contributed by atoms with Crippen LogP contribution in [-0.2, 0) is 24.1 Å². The van der Waals surface area contributed by atoms with Gasteiger partial charge < -0.3 is 14.6 Å². The molecule has 2 aliphatic rings. The first-order valence-corrected chi connectivity index (χ1v) is 7.32. The quantitative estimate of drug-likeness (QED) is 0.890. The molecular formula is C16H20N2O. The third-order valence-corrected chi connectivity index (χ3v) is 4.37. The second-order valence-electron chi connectivity index (χ2n) is 5.69. The van der Waals surface area contributed by atoms with Crippen LogP contribution in [0.5, 0.6) is 0 Å². The minimum Gasteiger partial charge on any atom is -0.379 e. The lowest BCUT2D eigenvalue weighted by Crippen LogP contribution is -2.42. The molecule has 1 aromatic heterocycles. The fourth-order valence-electron chi connectivity index (χ4n) is 3.51. The molecule has 3 heteroatoms. The van der Waals surface area contributed by atoms with Crippen molar-refractivity contribution in [3.8, 4) is 0 Å². The van der Waals surface area contributed by atoms with Gasteiger partial charge in [0.25, 0.3) is 0 Å². The van der Waals surface area contributed by atoms with Gasteiger partial charge in [0.05, 0.1) is 18.7 Å². The van der Waals surface area contributed by atoms with Gasteiger partial charge in [0, 0.05) is 30.7 Å². The molecule has 1 fully saturated rings. The Morgan fingerprint density at radius 3 is 3.26 bits per heavy atom. The normalized spacial score (nSPS) is 22.8. The van der Waals surface area contributed by atoms with E-state index in [-0.39, 0.29) is 0 Å². The van der Waals surface area contributed by atoms with Gasteiger partial charge in [-0.1, -0.05) is 18.2 Å². The minimum atomic E-state index is 0.470. The van der Waals surface area contributed by atoms with Crippen molar-refractivity contribution in [1.82, 2.24) is 9.88 Å². The summed E-state index contributed by atoms with van der Waals surface area (Å²) >= 11 is 0. The number of aromatic nitrogens is 1. The Balaban J connectivity index is 1.72. The van der Waals surface area contributed by atoms with Crippen molar-refractivity contribution in [2.24, 2.45) is 0 Å². The van der Waals surface area contributed by atoms with E-state index in [1.165, 1.54) is 41.4 Å². The number of nitrogens with one attached hydrogen (secondary N) is 1. The Morgan fingerprint density at radius 1 is 1.37 bits per heavy atom. The third-order valence-electron chi connectivity index (χ3n) is 4.37. The molecule has 0 bridgehead atoms. The van der Waals surface area contributed by atoms with Gasteiger partial charge >= 0.3 is 0 Å². The molecule has 1 N–H and O–H groups in total. The Kier molecular flexibility index (Phi) is 2.82. The third kappa shape index (κ3) is 1.97. The van der Waals surface area contributed by atoms with Crippen LogP contribution in [0.25, 0.3) is 10.9 Å². The van der Waals surface area contributed by atoms with Gasteiger partial charge in [-0.05, 0) is 30.4 Å². The average Bonchev–Trinajstić information content (AvgIpc) is 2.81. The Morgan fingerprint density at radius 2 is 2.37 bits per heavy atom. The summed E-state index contributed by atoms with van der Waals surface area (Å²) in [4.78, 5) is 0. The Labute approximate surface area is 113 Å². The Hall–Kier alpha value is -1.32. The predicted octanol–water partition coefficient (Wildman–Crippen LogP) is 2.12. The first-order valence-electron chi connectivity index (χ1n) is 7.32. The van der Waals surface area contributed by atoms with Crippen LogP contribution < -0.4 is 5.32 Å². The van der Waals surface area contributed by atoms with Crippen molar-refractivity contribution in [1.29, 1.82) is 0 Å². The van der Waals surface area contributed by atoms with Gasteiger partial charge in [-0.2, -0.15) is 0 Å². The minimum absolute atomic E-state index is 0.470. The van der Waals surface area contributed by atoms with E-state index in [1.54, 1.807) is 0 Å². The zero-order valence-electron chi connectivity index (χ0n) is 11.2. The van der Waals surface area contributed by atoms with Crippen LogP contribution in [0.1, 0.15) is 17.5 Å². The van der Waals surface area contributed by atoms with E-state index in [1.807, 2.05) is 0 Å². The maximum absolute atomic E-state index is 5.57. The number of aryl methyl sites for hydroxylation is 2. The molecule has 2 aromatic rings. The number of ether oxygens (including phenoxy) is 1. The highest BCUT2D eigenvalue weighted by Crippen LogP contribution is 2.30. The smallest absolute Gasteiger partial charge is 0.0623 e. The molecule has 0 spiro atoms. The molecule has 1 aromatic carbocycles. The lowest BCUT2D eigenvalue weighted by Gasteiger charge is -2.23. The molecule has 0 amide bonds. The van der Waals surface area contributed by atoms with Crippen LogP contribution in [0, 0.1) is 0 Å². The standard InChI is InChI=1S/C16H20N2O/c1-3-12-4-2-7-18-10-13(15(5-1)16(12)18)9-14-11-19-8-6-17-14/h1,3,5,10,14,17H,2,4,6-9,11H2. The first kappa shape index (κ1) is 11.5. The first-order chi connectivity index (χ1) is 9.42. The molecular weight excluding hydrogens is 236 g/mol. The summed E-state index contributed by atoms with van der Waals surface area (Å²) in [6.45, 7) is 3.84. The highest BCUT2D eigenvalue weighted by molar-refractivity contribution is 5.87. The second-order valence-corrected chi connectivity index (χ2v) is 5.69. The van der Waals surface area contributed by atoms with Crippen molar-refractivity contribution in [2.45, 2.75) is 31.8 Å². The maximum atomic E-state index is 5.57. The number of benzene rings is 1. The molecule has 4 rings (SSSR count). The summed E-state index contributed by atoms with van der Waals surface area (Å²) in [6.07, 6.45) is 5.94. The number of hydrogen-bond acceptors (Lipinski definition) is 2. The van der Waals surface area contributed by atoms with E-state index in [4.69, 9.17) is 4.74 Å². The monoisotopic (exact) mass is 256 g/mol. The van der Waals surface area contributed by atoms with E-state index in [2.05, 4.69) is 34.3 Å². The lowest BCUT2D eigenvalue weighted by molar-refractivity contribution is 0.0771. The van der Waals surface area contributed by atoms with Gasteiger partial charge in [0.1, 0.15) is 0 Å². The van der Waals surface area contributed by atoms with Gasteiger partial charge in [-0.15, -0.1) is 0 Å². The molecule has 1 saturated heterocycles. The van der Waals surface area contributed by atoms with Crippen molar-refractivity contribution >= 4 is 10.9 Å². The van der Waals surface area contributed by atoms with Crippen molar-refractivity contribution in [2.75, 3.05) is 19.8 Å². The van der Waals surface area contributed by atoms with Crippen molar-refractivity contribution < 1.29 is 4.74 Å². The fourth-order valence-corrected chi connectivity index (χ4v) is 3.51. The fraction of sp³-hybridized carbons (Fsp3) is 0.500. The van der Waals surface area contributed by atoms with Gasteiger partial charge in [0.2, 0.25) is 0 Å². The van der Waals surface area contributed by atoms with Crippen LogP contribution in [0.4, 0.5) is 0 Å². The van der Waals surface area contributed by atoms with Crippen LogP contribution in [0.15, 0.2) is 24.4 Å². The molecule has 1 unspecified atom stereocenters. The number of hydrogen-bond donors (Lipinski definition) is 1. The molecule has 100 valence electrons. The molecule has 0 aliphatic carbocycles. The van der Waals surface area contributed by atoms with Crippen LogP contribution in [0.2, 0.25) is 0 Å². The summed E-state index contributed by atoms with van der Waals surface area (Å²) in [6, 6.07) is 7.24. The van der Waals surface area contributed by atoms with E-state index < -0.39 is 0 Å². The maximum Gasteiger partial charge on any atom is 0.0623 e. The van der Waals surface area contributed by atoms with E-state index in [0.717, 1.165) is 26.2 Å². The van der Waals surface area contributed by atoms with Crippen LogP contribution >= 0.6 is 0 Å². The molecule has 0 radical (unpaired) electrons. The van der Waals surface area contributed by atoms with Crippen LogP contribution in [-0.4, -0.2) is 30.4 Å². The van der Waals surface area contributed by atoms with Crippen LogP contribution in [0.3, 0.4) is 0 Å². The molecule has 1 atom stereocenters. The highest BCUT2D eigenvalue weighted by atomic mass is 16.5. The number of rotatable bonds is 2. The van der Waals surface area contributed by atoms with E-state index in [9.17, 15) is 0 Å². The SMILES string of the molecule is c1cc2c3c(c1)c(CC1COCCN1)cn3CCC2. The largest absolute Gasteiger partial charge is 0.379 e. The van der Waals surface area contributed by atoms with Crippen molar-refractivity contribution in [3.05, 3.63) is 35.5 Å². The summed E-state index contributed by atoms with van der Waals surface area (Å²) in [5.41, 5.74) is 4.46. The van der Waals surface area contributed by atoms with E-state index >= 15 is 0 Å². The van der Waals surface area contributed by atoms with Gasteiger partial charge in [0.15, 0.2) is 0 Å². The lowest BCUT2D eigenvalue weighted by atomic mass is 10.0. The Bertz CT molecular complexity index is 596. The topological polar surface area (TPSA) is 26.2 Å². The molecule has 3 heterocycles. The number of morpholine rings is 1. The summed E-state index contributed by atoms with van der Waals surface area (Å²) in [7, 11) is 0. The molecule has 3 nitrogen and oxygen atoms in total. The predicted molar refractivity (Wildman–Crippen MR) is 76.6 cm³/mol. The molecule has 2 aliphatic heterocycles.